The van der Waals surface area contributed by atoms with Crippen LogP contribution in [0, 0.1) is 0 Å². The summed E-state index contributed by atoms with van der Waals surface area (Å²) in [6.07, 6.45) is 0. The summed E-state index contributed by atoms with van der Waals surface area (Å²) in [7, 11) is -1.23. The molecule has 0 aliphatic heterocycles. The molecule has 0 saturated heterocycles. The van der Waals surface area contributed by atoms with Crippen LogP contribution >= 0.6 is 31.1 Å². The maximum absolute atomic E-state index is 13.2. The smallest absolute Gasteiger partial charge is 0.196 e. The molecule has 0 fully saturated rings. The molecule has 0 N–H and O–H groups in total. The van der Waals surface area contributed by atoms with E-state index in [0.717, 1.165) is 10.6 Å². The lowest BCUT2D eigenvalue weighted by Gasteiger charge is -2.18. The van der Waals surface area contributed by atoms with Gasteiger partial charge in [0.05, 0.1) is 15.6 Å². The molecule has 0 aromatic heterocycles. The molecular weight excluding hydrogens is 346 g/mol. The van der Waals surface area contributed by atoms with Crippen molar-refractivity contribution in [2.24, 2.45) is 0 Å². The second kappa shape index (κ2) is 7.27. The normalized spacial score (nSPS) is 10.7. The summed E-state index contributed by atoms with van der Waals surface area (Å²) in [4.78, 5) is 13.2. The van der Waals surface area contributed by atoms with Crippen molar-refractivity contribution in [2.75, 3.05) is 0 Å². The van der Waals surface area contributed by atoms with Crippen LogP contribution in [0.2, 0.25) is 10.0 Å². The monoisotopic (exact) mass is 358 g/mol. The highest BCUT2D eigenvalue weighted by atomic mass is 35.5. The fraction of sp³-hybridized carbons (Fsp3) is 0. The lowest BCUT2D eigenvalue weighted by atomic mass is 10.2. The van der Waals surface area contributed by atoms with E-state index in [0.29, 0.717) is 15.6 Å². The van der Waals surface area contributed by atoms with E-state index >= 15 is 0 Å². The number of halogens is 2. The van der Waals surface area contributed by atoms with Gasteiger partial charge >= 0.3 is 0 Å². The molecule has 0 bridgehead atoms. The van der Waals surface area contributed by atoms with Gasteiger partial charge in [0.2, 0.25) is 0 Å². The van der Waals surface area contributed by atoms with Crippen molar-refractivity contribution in [3.8, 4) is 0 Å². The third-order valence-corrected chi connectivity index (χ3v) is 6.30. The standard InChI is InChI=1S/C19H13Cl2OP/c20-16-12-7-13-17(21)18(16)19(22)23(14-8-3-1-4-9-14)15-10-5-2-6-11-15/h1-13H. The van der Waals surface area contributed by atoms with Crippen LogP contribution in [0.4, 0.5) is 0 Å². The molecule has 3 rings (SSSR count). The zero-order valence-electron chi connectivity index (χ0n) is 12.1. The van der Waals surface area contributed by atoms with Gasteiger partial charge in [-0.2, -0.15) is 0 Å². The molecule has 0 aliphatic rings. The highest BCUT2D eigenvalue weighted by molar-refractivity contribution is 7.88. The number of carbonyl (C=O) groups excluding carboxylic acids is 1. The van der Waals surface area contributed by atoms with E-state index in [-0.39, 0.29) is 5.52 Å². The predicted molar refractivity (Wildman–Crippen MR) is 99.9 cm³/mol. The molecule has 23 heavy (non-hydrogen) atoms. The number of rotatable bonds is 4. The van der Waals surface area contributed by atoms with Gasteiger partial charge in [-0.3, -0.25) is 4.79 Å². The molecule has 0 spiro atoms. The highest BCUT2D eigenvalue weighted by Crippen LogP contribution is 2.41. The Morgan fingerprint density at radius 1 is 0.652 bits per heavy atom. The number of carbonyl (C=O) groups is 1. The molecule has 0 atom stereocenters. The number of hydrogen-bond donors (Lipinski definition) is 0. The Kier molecular flexibility index (Phi) is 5.13. The van der Waals surface area contributed by atoms with Gasteiger partial charge in [0, 0.05) is 7.92 Å². The molecule has 114 valence electrons. The summed E-state index contributed by atoms with van der Waals surface area (Å²) in [5, 5.41) is 2.74. The van der Waals surface area contributed by atoms with Crippen molar-refractivity contribution in [2.45, 2.75) is 0 Å². The maximum atomic E-state index is 13.2. The Hall–Kier alpha value is -1.66. The summed E-state index contributed by atoms with van der Waals surface area (Å²) in [5.41, 5.74) is 0.364. The topological polar surface area (TPSA) is 17.1 Å². The van der Waals surface area contributed by atoms with Crippen molar-refractivity contribution in [1.29, 1.82) is 0 Å². The van der Waals surface area contributed by atoms with Crippen molar-refractivity contribution < 1.29 is 4.79 Å². The van der Waals surface area contributed by atoms with Crippen LogP contribution in [-0.4, -0.2) is 5.52 Å². The van der Waals surface area contributed by atoms with Gasteiger partial charge in [-0.25, -0.2) is 0 Å². The number of benzene rings is 3. The molecule has 0 heterocycles. The van der Waals surface area contributed by atoms with Gasteiger partial charge in [0.25, 0.3) is 0 Å². The maximum Gasteiger partial charge on any atom is 0.196 e. The van der Waals surface area contributed by atoms with E-state index in [9.17, 15) is 4.79 Å². The molecule has 0 radical (unpaired) electrons. The van der Waals surface area contributed by atoms with Gasteiger partial charge in [0.15, 0.2) is 5.52 Å². The largest absolute Gasteiger partial charge is 0.288 e. The van der Waals surface area contributed by atoms with E-state index in [1.807, 2.05) is 60.7 Å². The van der Waals surface area contributed by atoms with E-state index in [4.69, 9.17) is 23.2 Å². The Balaban J connectivity index is 2.15. The third kappa shape index (κ3) is 3.48. The molecule has 1 nitrogen and oxygen atoms in total. The van der Waals surface area contributed by atoms with Crippen LogP contribution in [-0.2, 0) is 0 Å². The van der Waals surface area contributed by atoms with Gasteiger partial charge in [-0.1, -0.05) is 89.9 Å². The minimum absolute atomic E-state index is 0.0343. The van der Waals surface area contributed by atoms with Crippen molar-refractivity contribution >= 4 is 47.3 Å². The van der Waals surface area contributed by atoms with Gasteiger partial charge in [-0.05, 0) is 22.7 Å². The zero-order chi connectivity index (χ0) is 16.2. The average Bonchev–Trinajstić information content (AvgIpc) is 2.57. The quantitative estimate of drug-likeness (QED) is 0.581. The molecule has 4 heteroatoms. The summed E-state index contributed by atoms with van der Waals surface area (Å²) in [5.74, 6) is 0. The first kappa shape index (κ1) is 16.2. The molecule has 3 aromatic rings. The fourth-order valence-corrected chi connectivity index (χ4v) is 5.22. The lowest BCUT2D eigenvalue weighted by Crippen LogP contribution is -2.18. The first-order chi connectivity index (χ1) is 11.2. The van der Waals surface area contributed by atoms with Crippen LogP contribution in [0.1, 0.15) is 10.4 Å². The SMILES string of the molecule is O=C(c1c(Cl)cccc1Cl)P(c1ccccc1)c1ccccc1. The van der Waals surface area contributed by atoms with Crippen LogP contribution in [0.3, 0.4) is 0 Å². The van der Waals surface area contributed by atoms with Crippen molar-refractivity contribution in [3.05, 3.63) is 94.5 Å². The zero-order valence-corrected chi connectivity index (χ0v) is 14.5. The molecule has 0 aliphatic carbocycles. The lowest BCUT2D eigenvalue weighted by molar-refractivity contribution is 0.108. The average molecular weight is 359 g/mol. The second-order valence-electron chi connectivity index (χ2n) is 4.91. The number of hydrogen-bond acceptors (Lipinski definition) is 1. The minimum atomic E-state index is -1.23. The Morgan fingerprint density at radius 3 is 1.52 bits per heavy atom. The fourth-order valence-electron chi connectivity index (χ4n) is 2.35. The van der Waals surface area contributed by atoms with E-state index in [2.05, 4.69) is 0 Å². The van der Waals surface area contributed by atoms with Crippen molar-refractivity contribution in [1.82, 2.24) is 0 Å². The van der Waals surface area contributed by atoms with Gasteiger partial charge in [0.1, 0.15) is 0 Å². The van der Waals surface area contributed by atoms with Crippen LogP contribution < -0.4 is 10.6 Å². The Bertz CT molecular complexity index is 760. The Labute approximate surface area is 146 Å². The summed E-state index contributed by atoms with van der Waals surface area (Å²) in [6, 6.07) is 24.7. The van der Waals surface area contributed by atoms with Gasteiger partial charge < -0.3 is 0 Å². The summed E-state index contributed by atoms with van der Waals surface area (Å²) < 4.78 is 0. The molecular formula is C19H13Cl2OP. The Morgan fingerprint density at radius 2 is 1.09 bits per heavy atom. The van der Waals surface area contributed by atoms with E-state index in [1.54, 1.807) is 18.2 Å². The first-order valence-electron chi connectivity index (χ1n) is 7.07. The van der Waals surface area contributed by atoms with Crippen LogP contribution in [0.25, 0.3) is 0 Å². The van der Waals surface area contributed by atoms with Gasteiger partial charge in [-0.15, -0.1) is 0 Å². The van der Waals surface area contributed by atoms with E-state index < -0.39 is 7.92 Å². The molecule has 0 unspecified atom stereocenters. The van der Waals surface area contributed by atoms with Crippen molar-refractivity contribution in [3.63, 3.8) is 0 Å². The third-order valence-electron chi connectivity index (χ3n) is 3.41. The first-order valence-corrected chi connectivity index (χ1v) is 9.17. The summed E-state index contributed by atoms with van der Waals surface area (Å²) in [6.45, 7) is 0. The molecule has 0 amide bonds. The van der Waals surface area contributed by atoms with Crippen LogP contribution in [0.5, 0.6) is 0 Å². The second-order valence-corrected chi connectivity index (χ2v) is 7.83. The molecule has 3 aromatic carbocycles. The minimum Gasteiger partial charge on any atom is -0.288 e. The molecule has 0 saturated carbocycles. The van der Waals surface area contributed by atoms with Crippen LogP contribution in [0.15, 0.2) is 78.9 Å². The van der Waals surface area contributed by atoms with E-state index in [1.165, 1.54) is 0 Å². The highest BCUT2D eigenvalue weighted by Gasteiger charge is 2.27. The predicted octanol–water partition coefficient (Wildman–Crippen LogP) is 5.27. The summed E-state index contributed by atoms with van der Waals surface area (Å²) >= 11 is 12.5.